The summed E-state index contributed by atoms with van der Waals surface area (Å²) in [6.07, 6.45) is 1.98. The van der Waals surface area contributed by atoms with Crippen molar-refractivity contribution in [3.05, 3.63) is 35.4 Å². The van der Waals surface area contributed by atoms with Crippen LogP contribution >= 0.6 is 15.9 Å². The van der Waals surface area contributed by atoms with Crippen LogP contribution < -0.4 is 0 Å². The third kappa shape index (κ3) is 2.49. The quantitative estimate of drug-likeness (QED) is 0.846. The summed E-state index contributed by atoms with van der Waals surface area (Å²) in [5.41, 5.74) is -0.0781. The third-order valence-corrected chi connectivity index (χ3v) is 3.71. The van der Waals surface area contributed by atoms with E-state index in [4.69, 9.17) is 5.11 Å². The van der Waals surface area contributed by atoms with E-state index in [9.17, 15) is 13.6 Å². The van der Waals surface area contributed by atoms with Crippen LogP contribution in [0.4, 0.5) is 8.78 Å². The van der Waals surface area contributed by atoms with Gasteiger partial charge in [0.1, 0.15) is 17.4 Å². The van der Waals surface area contributed by atoms with E-state index >= 15 is 0 Å². The highest BCUT2D eigenvalue weighted by molar-refractivity contribution is 9.10. The highest BCUT2D eigenvalue weighted by Gasteiger charge is 2.31. The molecule has 1 amide bonds. The predicted molar refractivity (Wildman–Crippen MR) is 70.7 cm³/mol. The van der Waals surface area contributed by atoms with Crippen molar-refractivity contribution in [3.8, 4) is 5.75 Å². The van der Waals surface area contributed by atoms with Gasteiger partial charge in [0.25, 0.3) is 0 Å². The first-order chi connectivity index (χ1) is 8.95. The van der Waals surface area contributed by atoms with Crippen LogP contribution in [0.5, 0.6) is 5.75 Å². The average molecular weight is 332 g/mol. The standard InChI is InChI=1S/C13H12BrF2NO2/c1-2-17-11(4-3-8(14)13(17)19)12-9(15)5-7(18)6-10(12)16/h4-6,8,18H,2-3H2,1H3. The highest BCUT2D eigenvalue weighted by Crippen LogP contribution is 2.33. The predicted octanol–water partition coefficient (Wildman–Crippen LogP) is 3.03. The summed E-state index contributed by atoms with van der Waals surface area (Å²) in [7, 11) is 0. The van der Waals surface area contributed by atoms with Crippen molar-refractivity contribution >= 4 is 27.5 Å². The van der Waals surface area contributed by atoms with Gasteiger partial charge in [-0.1, -0.05) is 22.0 Å². The van der Waals surface area contributed by atoms with E-state index in [1.807, 2.05) is 0 Å². The molecule has 6 heteroatoms. The number of aromatic hydroxyl groups is 1. The summed E-state index contributed by atoms with van der Waals surface area (Å²) in [6.45, 7) is 2.04. The van der Waals surface area contributed by atoms with Crippen molar-refractivity contribution in [1.29, 1.82) is 0 Å². The zero-order chi connectivity index (χ0) is 14.2. The van der Waals surface area contributed by atoms with Gasteiger partial charge >= 0.3 is 0 Å². The minimum absolute atomic E-state index is 0.207. The Morgan fingerprint density at radius 1 is 1.42 bits per heavy atom. The first-order valence-electron chi connectivity index (χ1n) is 5.79. The van der Waals surface area contributed by atoms with Gasteiger partial charge in [0.2, 0.25) is 5.91 Å². The van der Waals surface area contributed by atoms with Crippen LogP contribution in [0.1, 0.15) is 18.9 Å². The second-order valence-electron chi connectivity index (χ2n) is 4.16. The Bertz CT molecular complexity index is 537. The lowest BCUT2D eigenvalue weighted by atomic mass is 10.0. The second kappa shape index (κ2) is 5.28. The Morgan fingerprint density at radius 2 is 2.00 bits per heavy atom. The molecular formula is C13H12BrF2NO2. The molecule has 1 N–H and O–H groups in total. The summed E-state index contributed by atoms with van der Waals surface area (Å²) >= 11 is 3.22. The van der Waals surface area contributed by atoms with Crippen molar-refractivity contribution in [2.75, 3.05) is 6.54 Å². The maximum absolute atomic E-state index is 13.8. The van der Waals surface area contributed by atoms with E-state index < -0.39 is 17.4 Å². The smallest absolute Gasteiger partial charge is 0.241 e. The number of alkyl halides is 1. The molecule has 1 unspecified atom stereocenters. The molecule has 0 spiro atoms. The SMILES string of the molecule is CCN1C(=O)C(Br)CC=C1c1c(F)cc(O)cc1F. The third-order valence-electron chi connectivity index (χ3n) is 2.94. The zero-order valence-electron chi connectivity index (χ0n) is 10.2. The molecule has 1 aliphatic rings. The lowest BCUT2D eigenvalue weighted by Crippen LogP contribution is -2.38. The number of hydrogen-bond acceptors (Lipinski definition) is 2. The summed E-state index contributed by atoms with van der Waals surface area (Å²) in [6, 6.07) is 1.66. The number of carbonyl (C=O) groups is 1. The number of benzene rings is 1. The van der Waals surface area contributed by atoms with Crippen LogP contribution in [0.25, 0.3) is 5.70 Å². The Labute approximate surface area is 117 Å². The summed E-state index contributed by atoms with van der Waals surface area (Å²) in [5.74, 6) is -2.49. The van der Waals surface area contributed by atoms with E-state index in [0.29, 0.717) is 13.0 Å². The molecule has 0 bridgehead atoms. The van der Waals surface area contributed by atoms with E-state index in [1.54, 1.807) is 13.0 Å². The van der Waals surface area contributed by atoms with Crippen molar-refractivity contribution in [3.63, 3.8) is 0 Å². The number of halogens is 3. The van der Waals surface area contributed by atoms with E-state index in [2.05, 4.69) is 15.9 Å². The lowest BCUT2D eigenvalue weighted by Gasteiger charge is -2.30. The van der Waals surface area contributed by atoms with Gasteiger partial charge in [-0.05, 0) is 13.3 Å². The molecule has 0 fully saturated rings. The average Bonchev–Trinajstić information content (AvgIpc) is 2.32. The van der Waals surface area contributed by atoms with Crippen molar-refractivity contribution in [2.45, 2.75) is 18.2 Å². The number of nitrogens with zero attached hydrogens (tertiary/aromatic N) is 1. The Kier molecular flexibility index (Phi) is 3.89. The van der Waals surface area contributed by atoms with E-state index in [1.165, 1.54) is 4.90 Å². The molecular weight excluding hydrogens is 320 g/mol. The molecule has 0 aromatic heterocycles. The molecule has 1 atom stereocenters. The summed E-state index contributed by atoms with van der Waals surface area (Å²) in [4.78, 5) is 12.9. The van der Waals surface area contributed by atoms with E-state index in [-0.39, 0.29) is 22.0 Å². The molecule has 0 aliphatic carbocycles. The first-order valence-corrected chi connectivity index (χ1v) is 6.71. The minimum Gasteiger partial charge on any atom is -0.508 e. The van der Waals surface area contributed by atoms with Crippen LogP contribution in [0.2, 0.25) is 0 Å². The van der Waals surface area contributed by atoms with Gasteiger partial charge in [-0.25, -0.2) is 8.78 Å². The van der Waals surface area contributed by atoms with Crippen molar-refractivity contribution in [2.24, 2.45) is 0 Å². The molecule has 1 aromatic carbocycles. The number of hydrogen-bond donors (Lipinski definition) is 1. The largest absolute Gasteiger partial charge is 0.508 e. The van der Waals surface area contributed by atoms with Crippen LogP contribution in [0, 0.1) is 11.6 Å². The van der Waals surface area contributed by atoms with Gasteiger partial charge in [-0.15, -0.1) is 0 Å². The Balaban J connectivity index is 2.55. The fourth-order valence-corrected chi connectivity index (χ4v) is 2.52. The topological polar surface area (TPSA) is 40.5 Å². The fraction of sp³-hybridized carbons (Fsp3) is 0.308. The highest BCUT2D eigenvalue weighted by atomic mass is 79.9. The number of carbonyl (C=O) groups excluding carboxylic acids is 1. The van der Waals surface area contributed by atoms with Gasteiger partial charge in [-0.2, -0.15) is 0 Å². The Hall–Kier alpha value is -1.43. The molecule has 1 aromatic rings. The fourth-order valence-electron chi connectivity index (χ4n) is 2.08. The zero-order valence-corrected chi connectivity index (χ0v) is 11.7. The van der Waals surface area contributed by atoms with Gasteiger partial charge in [-0.3, -0.25) is 4.79 Å². The normalized spacial score (nSPS) is 19.6. The lowest BCUT2D eigenvalue weighted by molar-refractivity contribution is -0.127. The van der Waals surface area contributed by atoms with Crippen LogP contribution in [-0.2, 0) is 4.79 Å². The van der Waals surface area contributed by atoms with Gasteiger partial charge in [0.05, 0.1) is 16.1 Å². The summed E-state index contributed by atoms with van der Waals surface area (Å²) in [5, 5.41) is 9.15. The van der Waals surface area contributed by atoms with Gasteiger partial charge in [0.15, 0.2) is 0 Å². The Morgan fingerprint density at radius 3 is 2.53 bits per heavy atom. The molecule has 102 valence electrons. The molecule has 0 saturated heterocycles. The summed E-state index contributed by atoms with van der Waals surface area (Å²) < 4.78 is 27.7. The number of phenolic OH excluding ortho intramolecular Hbond substituents is 1. The van der Waals surface area contributed by atoms with E-state index in [0.717, 1.165) is 12.1 Å². The monoisotopic (exact) mass is 331 g/mol. The first kappa shape index (κ1) is 14.0. The minimum atomic E-state index is -0.886. The van der Waals surface area contributed by atoms with Crippen molar-refractivity contribution in [1.82, 2.24) is 4.90 Å². The maximum Gasteiger partial charge on any atom is 0.241 e. The van der Waals surface area contributed by atoms with Crippen molar-refractivity contribution < 1.29 is 18.7 Å². The molecule has 2 rings (SSSR count). The molecule has 1 heterocycles. The van der Waals surface area contributed by atoms with Crippen LogP contribution in [0.15, 0.2) is 18.2 Å². The molecule has 3 nitrogen and oxygen atoms in total. The number of amides is 1. The maximum atomic E-state index is 13.8. The molecule has 1 aliphatic heterocycles. The number of allylic oxidation sites excluding steroid dienone is 1. The molecule has 19 heavy (non-hydrogen) atoms. The van der Waals surface area contributed by atoms with Gasteiger partial charge in [0, 0.05) is 18.7 Å². The number of rotatable bonds is 2. The van der Waals surface area contributed by atoms with Gasteiger partial charge < -0.3 is 10.0 Å². The van der Waals surface area contributed by atoms with Crippen LogP contribution in [0.3, 0.4) is 0 Å². The molecule has 0 saturated carbocycles. The molecule has 0 radical (unpaired) electrons. The second-order valence-corrected chi connectivity index (χ2v) is 5.26. The number of phenols is 1. The van der Waals surface area contributed by atoms with Crippen LogP contribution in [-0.4, -0.2) is 27.3 Å².